The molecule has 2 atom stereocenters. The molecule has 1 aromatic carbocycles. The quantitative estimate of drug-likeness (QED) is 0.658. The lowest BCUT2D eigenvalue weighted by Crippen LogP contribution is -2.55. The molecular weight excluding hydrogens is 313 g/mol. The molecule has 136 valence electrons. The molecule has 1 fully saturated rings. The standard InChI is InChI=1S/C18H28FNO4/c1-23-10-11-24-9-8-20-7-6-17(22)18(13-20,14-21)12-15-2-4-16(19)5-3-15/h2-5,17,21-22H,6-14H2,1H3/t17-,18-/m0/s1. The number of aliphatic hydroxyl groups is 2. The number of halogens is 1. The zero-order valence-corrected chi connectivity index (χ0v) is 14.3. The van der Waals surface area contributed by atoms with E-state index in [4.69, 9.17) is 9.47 Å². The molecule has 0 aromatic heterocycles. The van der Waals surface area contributed by atoms with E-state index in [2.05, 4.69) is 4.90 Å². The van der Waals surface area contributed by atoms with Crippen molar-refractivity contribution in [2.24, 2.45) is 5.41 Å². The van der Waals surface area contributed by atoms with Crippen LogP contribution in [0.15, 0.2) is 24.3 Å². The highest BCUT2D eigenvalue weighted by atomic mass is 19.1. The lowest BCUT2D eigenvalue weighted by atomic mass is 9.73. The Labute approximate surface area is 143 Å². The van der Waals surface area contributed by atoms with E-state index < -0.39 is 11.5 Å². The third kappa shape index (κ3) is 5.22. The maximum atomic E-state index is 13.1. The minimum atomic E-state index is -0.622. The van der Waals surface area contributed by atoms with Crippen molar-refractivity contribution in [1.82, 2.24) is 4.90 Å². The first-order valence-corrected chi connectivity index (χ1v) is 8.42. The van der Waals surface area contributed by atoms with Gasteiger partial charge in [-0.25, -0.2) is 4.39 Å². The second-order valence-electron chi connectivity index (χ2n) is 6.51. The van der Waals surface area contributed by atoms with Gasteiger partial charge in [0.25, 0.3) is 0 Å². The molecule has 2 N–H and O–H groups in total. The first-order valence-electron chi connectivity index (χ1n) is 8.42. The van der Waals surface area contributed by atoms with Crippen molar-refractivity contribution in [2.75, 3.05) is 53.2 Å². The molecule has 2 rings (SSSR count). The van der Waals surface area contributed by atoms with E-state index >= 15 is 0 Å². The van der Waals surface area contributed by atoms with Crippen LogP contribution in [0, 0.1) is 11.2 Å². The summed E-state index contributed by atoms with van der Waals surface area (Å²) < 4.78 is 23.5. The largest absolute Gasteiger partial charge is 0.396 e. The van der Waals surface area contributed by atoms with Gasteiger partial charge in [-0.05, 0) is 30.5 Å². The highest BCUT2D eigenvalue weighted by Gasteiger charge is 2.42. The van der Waals surface area contributed by atoms with Crippen LogP contribution in [-0.4, -0.2) is 74.4 Å². The summed E-state index contributed by atoms with van der Waals surface area (Å²) in [5.41, 5.74) is 0.297. The predicted octanol–water partition coefficient (Wildman–Crippen LogP) is 1.08. The van der Waals surface area contributed by atoms with Gasteiger partial charge in [0.1, 0.15) is 5.82 Å². The van der Waals surface area contributed by atoms with Crippen LogP contribution in [-0.2, 0) is 15.9 Å². The third-order valence-electron chi connectivity index (χ3n) is 4.73. The number of hydrogen-bond donors (Lipinski definition) is 2. The van der Waals surface area contributed by atoms with Crippen molar-refractivity contribution in [3.63, 3.8) is 0 Å². The summed E-state index contributed by atoms with van der Waals surface area (Å²) in [5, 5.41) is 20.5. The van der Waals surface area contributed by atoms with Gasteiger partial charge in [-0.15, -0.1) is 0 Å². The number of rotatable bonds is 9. The monoisotopic (exact) mass is 341 g/mol. The zero-order valence-electron chi connectivity index (χ0n) is 14.3. The Kier molecular flexibility index (Phi) is 7.58. The molecule has 1 heterocycles. The summed E-state index contributed by atoms with van der Waals surface area (Å²) in [7, 11) is 1.64. The van der Waals surface area contributed by atoms with E-state index in [0.717, 1.165) is 18.7 Å². The maximum Gasteiger partial charge on any atom is 0.123 e. The Balaban J connectivity index is 1.94. The van der Waals surface area contributed by atoms with Crippen LogP contribution in [0.2, 0.25) is 0 Å². The highest BCUT2D eigenvalue weighted by Crippen LogP contribution is 2.33. The van der Waals surface area contributed by atoms with Crippen LogP contribution in [0.25, 0.3) is 0 Å². The molecule has 5 nitrogen and oxygen atoms in total. The van der Waals surface area contributed by atoms with Crippen LogP contribution in [0.1, 0.15) is 12.0 Å². The van der Waals surface area contributed by atoms with Crippen LogP contribution in [0.5, 0.6) is 0 Å². The van der Waals surface area contributed by atoms with Crippen molar-refractivity contribution in [3.05, 3.63) is 35.6 Å². The lowest BCUT2D eigenvalue weighted by molar-refractivity contribution is -0.0792. The molecule has 0 aliphatic carbocycles. The average molecular weight is 341 g/mol. The van der Waals surface area contributed by atoms with E-state index in [9.17, 15) is 14.6 Å². The third-order valence-corrected chi connectivity index (χ3v) is 4.73. The maximum absolute atomic E-state index is 13.1. The molecule has 1 aliphatic heterocycles. The molecule has 1 aliphatic rings. The van der Waals surface area contributed by atoms with Crippen molar-refractivity contribution < 1.29 is 24.1 Å². The summed E-state index contributed by atoms with van der Waals surface area (Å²) in [4.78, 5) is 2.21. The molecule has 0 saturated carbocycles. The normalized spacial score (nSPS) is 25.1. The predicted molar refractivity (Wildman–Crippen MR) is 89.4 cm³/mol. The first-order chi connectivity index (χ1) is 11.6. The Morgan fingerprint density at radius 1 is 1.25 bits per heavy atom. The lowest BCUT2D eigenvalue weighted by Gasteiger charge is -2.45. The van der Waals surface area contributed by atoms with Gasteiger partial charge in [0.2, 0.25) is 0 Å². The summed E-state index contributed by atoms with van der Waals surface area (Å²) in [6.07, 6.45) is 0.560. The van der Waals surface area contributed by atoms with E-state index in [1.54, 1.807) is 19.2 Å². The average Bonchev–Trinajstić information content (AvgIpc) is 2.59. The van der Waals surface area contributed by atoms with Crippen molar-refractivity contribution in [3.8, 4) is 0 Å². The summed E-state index contributed by atoms with van der Waals surface area (Å²) in [6.45, 7) is 3.75. The topological polar surface area (TPSA) is 62.2 Å². The Morgan fingerprint density at radius 3 is 2.67 bits per heavy atom. The van der Waals surface area contributed by atoms with Gasteiger partial charge in [0.15, 0.2) is 0 Å². The molecule has 0 bridgehead atoms. The molecule has 24 heavy (non-hydrogen) atoms. The molecule has 0 unspecified atom stereocenters. The SMILES string of the molecule is COCCOCCN1CC[C@H](O)[C@@](CO)(Cc2ccc(F)cc2)C1. The van der Waals surface area contributed by atoms with Gasteiger partial charge in [-0.3, -0.25) is 0 Å². The number of benzene rings is 1. The minimum absolute atomic E-state index is 0.105. The number of likely N-dealkylation sites (tertiary alicyclic amines) is 1. The summed E-state index contributed by atoms with van der Waals surface area (Å²) >= 11 is 0. The molecule has 0 spiro atoms. The Hall–Kier alpha value is -1.05. The number of methoxy groups -OCH3 is 1. The number of ether oxygens (including phenoxy) is 2. The number of aliphatic hydroxyl groups excluding tert-OH is 2. The van der Waals surface area contributed by atoms with E-state index in [-0.39, 0.29) is 12.4 Å². The van der Waals surface area contributed by atoms with Gasteiger partial charge in [0.05, 0.1) is 32.5 Å². The van der Waals surface area contributed by atoms with Crippen molar-refractivity contribution in [1.29, 1.82) is 0 Å². The highest BCUT2D eigenvalue weighted by molar-refractivity contribution is 5.19. The molecular formula is C18H28FNO4. The van der Waals surface area contributed by atoms with Crippen LogP contribution >= 0.6 is 0 Å². The van der Waals surface area contributed by atoms with Gasteiger partial charge in [-0.2, -0.15) is 0 Å². The fraction of sp³-hybridized carbons (Fsp3) is 0.667. The van der Waals surface area contributed by atoms with Gasteiger partial charge in [-0.1, -0.05) is 12.1 Å². The summed E-state index contributed by atoms with van der Waals surface area (Å²) in [5.74, 6) is -0.282. The summed E-state index contributed by atoms with van der Waals surface area (Å²) in [6, 6.07) is 6.26. The second kappa shape index (κ2) is 9.44. The zero-order chi connectivity index (χ0) is 17.4. The molecule has 6 heteroatoms. The number of piperidine rings is 1. The molecule has 0 amide bonds. The molecule has 0 radical (unpaired) electrons. The molecule has 1 saturated heterocycles. The Bertz CT molecular complexity index is 484. The van der Waals surface area contributed by atoms with Crippen LogP contribution in [0.3, 0.4) is 0 Å². The van der Waals surface area contributed by atoms with E-state index in [0.29, 0.717) is 39.2 Å². The van der Waals surface area contributed by atoms with Crippen molar-refractivity contribution in [2.45, 2.75) is 18.9 Å². The number of hydrogen-bond acceptors (Lipinski definition) is 5. The van der Waals surface area contributed by atoms with Crippen LogP contribution < -0.4 is 0 Å². The van der Waals surface area contributed by atoms with E-state index in [1.807, 2.05) is 0 Å². The van der Waals surface area contributed by atoms with Crippen molar-refractivity contribution >= 4 is 0 Å². The smallest absolute Gasteiger partial charge is 0.123 e. The Morgan fingerprint density at radius 2 is 2.00 bits per heavy atom. The minimum Gasteiger partial charge on any atom is -0.396 e. The van der Waals surface area contributed by atoms with Gasteiger partial charge in [0, 0.05) is 32.2 Å². The fourth-order valence-electron chi connectivity index (χ4n) is 3.26. The fourth-order valence-corrected chi connectivity index (χ4v) is 3.26. The number of nitrogens with zero attached hydrogens (tertiary/aromatic N) is 1. The van der Waals surface area contributed by atoms with E-state index in [1.165, 1.54) is 12.1 Å². The first kappa shape index (κ1) is 19.3. The second-order valence-corrected chi connectivity index (χ2v) is 6.51. The van der Waals surface area contributed by atoms with Gasteiger partial charge < -0.3 is 24.6 Å². The molecule has 1 aromatic rings. The van der Waals surface area contributed by atoms with Gasteiger partial charge >= 0.3 is 0 Å². The van der Waals surface area contributed by atoms with Crippen LogP contribution in [0.4, 0.5) is 4.39 Å².